The van der Waals surface area contributed by atoms with Crippen LogP contribution in [0.5, 0.6) is 0 Å². The van der Waals surface area contributed by atoms with Gasteiger partial charge in [-0.3, -0.25) is 4.90 Å². The highest BCUT2D eigenvalue weighted by Gasteiger charge is 2.22. The lowest BCUT2D eigenvalue weighted by molar-refractivity contribution is 0.220. The summed E-state index contributed by atoms with van der Waals surface area (Å²) in [5, 5.41) is 4.11. The van der Waals surface area contributed by atoms with Crippen LogP contribution in [0.25, 0.3) is 0 Å². The third-order valence-corrected chi connectivity index (χ3v) is 5.84. The van der Waals surface area contributed by atoms with Crippen molar-refractivity contribution in [3.8, 4) is 0 Å². The zero-order valence-corrected chi connectivity index (χ0v) is 14.5. The summed E-state index contributed by atoms with van der Waals surface area (Å²) in [6.45, 7) is 6.31. The Morgan fingerprint density at radius 1 is 1.14 bits per heavy atom. The molecule has 1 aromatic carbocycles. The number of hydrogen-bond acceptors (Lipinski definition) is 4. The fourth-order valence-electron chi connectivity index (χ4n) is 2.46. The lowest BCUT2D eigenvalue weighted by Crippen LogP contribution is -2.37. The molecule has 2 aromatic rings. The van der Waals surface area contributed by atoms with Crippen molar-refractivity contribution >= 4 is 21.4 Å². The highest BCUT2D eigenvalue weighted by Crippen LogP contribution is 2.23. The largest absolute Gasteiger partial charge is 0.296 e. The molecule has 22 heavy (non-hydrogen) atoms. The van der Waals surface area contributed by atoms with Crippen LogP contribution >= 0.6 is 11.3 Å². The van der Waals surface area contributed by atoms with E-state index in [0.717, 1.165) is 18.7 Å². The van der Waals surface area contributed by atoms with Crippen molar-refractivity contribution in [2.24, 2.45) is 0 Å². The maximum atomic E-state index is 12.4. The van der Waals surface area contributed by atoms with Crippen molar-refractivity contribution < 1.29 is 8.42 Å². The second-order valence-corrected chi connectivity index (χ2v) is 7.51. The van der Waals surface area contributed by atoms with Gasteiger partial charge in [-0.1, -0.05) is 32.0 Å². The van der Waals surface area contributed by atoms with Crippen LogP contribution < -0.4 is 4.72 Å². The van der Waals surface area contributed by atoms with Crippen LogP contribution in [-0.4, -0.2) is 33.0 Å². The van der Waals surface area contributed by atoms with Gasteiger partial charge < -0.3 is 0 Å². The summed E-state index contributed by atoms with van der Waals surface area (Å²) in [6, 6.07) is 10.6. The van der Waals surface area contributed by atoms with Crippen LogP contribution in [0, 0.1) is 0 Å². The summed E-state index contributed by atoms with van der Waals surface area (Å²) in [4.78, 5) is 2.56. The number of nitrogens with zero attached hydrogens (tertiary/aromatic N) is 1. The third kappa shape index (κ3) is 4.16. The van der Waals surface area contributed by atoms with Crippen LogP contribution in [0.4, 0.5) is 0 Å². The van der Waals surface area contributed by atoms with Crippen molar-refractivity contribution in [1.29, 1.82) is 0 Å². The van der Waals surface area contributed by atoms with Gasteiger partial charge in [0.05, 0.1) is 4.90 Å². The van der Waals surface area contributed by atoms with E-state index in [4.69, 9.17) is 0 Å². The van der Waals surface area contributed by atoms with E-state index in [-0.39, 0.29) is 6.04 Å². The van der Waals surface area contributed by atoms with Gasteiger partial charge in [-0.2, -0.15) is 11.3 Å². The van der Waals surface area contributed by atoms with E-state index in [9.17, 15) is 8.42 Å². The Bertz CT molecular complexity index is 651. The van der Waals surface area contributed by atoms with E-state index in [0.29, 0.717) is 11.4 Å². The van der Waals surface area contributed by atoms with Gasteiger partial charge in [0.2, 0.25) is 10.0 Å². The van der Waals surface area contributed by atoms with Crippen LogP contribution in [0.15, 0.2) is 52.1 Å². The molecule has 0 aliphatic rings. The molecule has 1 heterocycles. The first-order chi connectivity index (χ1) is 10.6. The van der Waals surface area contributed by atoms with E-state index in [1.54, 1.807) is 35.6 Å². The summed E-state index contributed by atoms with van der Waals surface area (Å²) in [5.41, 5.74) is 1.16. The zero-order chi connectivity index (χ0) is 16.0. The molecular weight excluding hydrogens is 316 g/mol. The Hall–Kier alpha value is -1.21. The molecule has 1 unspecified atom stereocenters. The minimum Gasteiger partial charge on any atom is -0.296 e. The van der Waals surface area contributed by atoms with Gasteiger partial charge in [0, 0.05) is 12.6 Å². The number of nitrogens with one attached hydrogen (secondary N) is 1. The quantitative estimate of drug-likeness (QED) is 0.804. The Morgan fingerprint density at radius 2 is 1.82 bits per heavy atom. The first kappa shape index (κ1) is 17.1. The van der Waals surface area contributed by atoms with Gasteiger partial charge >= 0.3 is 0 Å². The second-order valence-electron chi connectivity index (χ2n) is 4.96. The van der Waals surface area contributed by atoms with Crippen molar-refractivity contribution in [1.82, 2.24) is 9.62 Å². The molecule has 0 bridgehead atoms. The Balaban J connectivity index is 2.15. The van der Waals surface area contributed by atoms with E-state index in [1.165, 1.54) is 0 Å². The highest BCUT2D eigenvalue weighted by atomic mass is 32.2. The number of likely N-dealkylation sites (N-methyl/N-ethyl adjacent to an activating group) is 1. The van der Waals surface area contributed by atoms with Gasteiger partial charge in [0.25, 0.3) is 0 Å². The summed E-state index contributed by atoms with van der Waals surface area (Å²) in [6.07, 6.45) is 0. The molecule has 0 aliphatic carbocycles. The Kier molecular flexibility index (Phi) is 6.14. The van der Waals surface area contributed by atoms with Gasteiger partial charge in [-0.15, -0.1) is 0 Å². The number of thiophene rings is 1. The standard InChI is InChI=1S/C16H22N2O2S2/c1-3-18(4-2)16(14-10-11-21-13-14)12-17-22(19,20)15-8-6-5-7-9-15/h5-11,13,16-17H,3-4,12H2,1-2H3. The fraction of sp³-hybridized carbons (Fsp3) is 0.375. The van der Waals surface area contributed by atoms with Crippen molar-refractivity contribution in [3.05, 3.63) is 52.7 Å². The van der Waals surface area contributed by atoms with E-state index < -0.39 is 10.0 Å². The lowest BCUT2D eigenvalue weighted by Gasteiger charge is -2.29. The van der Waals surface area contributed by atoms with E-state index in [1.807, 2.05) is 11.4 Å². The van der Waals surface area contributed by atoms with Crippen LogP contribution in [0.3, 0.4) is 0 Å². The fourth-order valence-corrected chi connectivity index (χ4v) is 4.22. The topological polar surface area (TPSA) is 49.4 Å². The highest BCUT2D eigenvalue weighted by molar-refractivity contribution is 7.89. The van der Waals surface area contributed by atoms with Crippen molar-refractivity contribution in [2.75, 3.05) is 19.6 Å². The number of hydrogen-bond donors (Lipinski definition) is 1. The second kappa shape index (κ2) is 7.87. The number of rotatable bonds is 8. The molecule has 1 atom stereocenters. The predicted octanol–water partition coefficient (Wildman–Crippen LogP) is 3.11. The maximum absolute atomic E-state index is 12.4. The van der Waals surface area contributed by atoms with Gasteiger partial charge in [-0.05, 0) is 47.6 Å². The van der Waals surface area contributed by atoms with Gasteiger partial charge in [0.15, 0.2) is 0 Å². The third-order valence-electron chi connectivity index (χ3n) is 3.70. The Morgan fingerprint density at radius 3 is 2.36 bits per heavy atom. The van der Waals surface area contributed by atoms with Crippen LogP contribution in [-0.2, 0) is 10.0 Å². The van der Waals surface area contributed by atoms with Gasteiger partial charge in [0.1, 0.15) is 0 Å². The average molecular weight is 338 g/mol. The summed E-state index contributed by atoms with van der Waals surface area (Å²) in [5.74, 6) is 0. The molecule has 1 aromatic heterocycles. The van der Waals surface area contributed by atoms with Gasteiger partial charge in [-0.25, -0.2) is 13.1 Å². The predicted molar refractivity (Wildman–Crippen MR) is 91.6 cm³/mol. The monoisotopic (exact) mass is 338 g/mol. The smallest absolute Gasteiger partial charge is 0.240 e. The first-order valence-electron chi connectivity index (χ1n) is 7.39. The molecule has 0 saturated carbocycles. The molecule has 1 N–H and O–H groups in total. The molecule has 0 amide bonds. The van der Waals surface area contributed by atoms with Crippen molar-refractivity contribution in [2.45, 2.75) is 24.8 Å². The molecule has 4 nitrogen and oxygen atoms in total. The van der Waals surface area contributed by atoms with Crippen LogP contribution in [0.1, 0.15) is 25.5 Å². The normalized spacial score (nSPS) is 13.4. The summed E-state index contributed by atoms with van der Waals surface area (Å²) in [7, 11) is -3.47. The average Bonchev–Trinajstić information content (AvgIpc) is 3.06. The van der Waals surface area contributed by atoms with Crippen molar-refractivity contribution in [3.63, 3.8) is 0 Å². The summed E-state index contributed by atoms with van der Waals surface area (Å²) < 4.78 is 27.5. The van der Waals surface area contributed by atoms with Crippen LogP contribution in [0.2, 0.25) is 0 Å². The van der Waals surface area contributed by atoms with E-state index >= 15 is 0 Å². The summed E-state index contributed by atoms with van der Waals surface area (Å²) >= 11 is 1.63. The molecule has 120 valence electrons. The molecule has 0 radical (unpaired) electrons. The molecule has 0 fully saturated rings. The molecule has 0 spiro atoms. The Labute approximate surface area is 136 Å². The first-order valence-corrected chi connectivity index (χ1v) is 9.82. The van der Waals surface area contributed by atoms with E-state index in [2.05, 4.69) is 34.9 Å². The lowest BCUT2D eigenvalue weighted by atomic mass is 10.1. The molecular formula is C16H22N2O2S2. The molecule has 0 saturated heterocycles. The zero-order valence-electron chi connectivity index (χ0n) is 12.9. The molecule has 0 aliphatic heterocycles. The molecule has 6 heteroatoms. The number of sulfonamides is 1. The SMILES string of the molecule is CCN(CC)C(CNS(=O)(=O)c1ccccc1)c1ccsc1. The molecule has 2 rings (SSSR count). The minimum absolute atomic E-state index is 0.0553. The maximum Gasteiger partial charge on any atom is 0.240 e. The number of benzene rings is 1. The minimum atomic E-state index is -3.47.